The van der Waals surface area contributed by atoms with Crippen LogP contribution in [0, 0.1) is 5.41 Å². The van der Waals surface area contributed by atoms with Crippen molar-refractivity contribution in [1.29, 1.82) is 0 Å². The average Bonchev–Trinajstić information content (AvgIpc) is 3.42. The highest BCUT2D eigenvalue weighted by Crippen LogP contribution is 2.30. The molecule has 4 bridgehead atoms. The highest BCUT2D eigenvalue weighted by atomic mass is 16.6. The van der Waals surface area contributed by atoms with E-state index in [0.29, 0.717) is 19.5 Å². The number of carboxylic acids is 1. The molecule has 3 heterocycles. The second kappa shape index (κ2) is 9.59. The monoisotopic (exact) mass is 485 g/mol. The first-order valence-corrected chi connectivity index (χ1v) is 11.7. The summed E-state index contributed by atoms with van der Waals surface area (Å²) in [5.74, 6) is -1.77. The van der Waals surface area contributed by atoms with Crippen molar-refractivity contribution in [2.75, 3.05) is 13.2 Å². The molecule has 2 N–H and O–H groups in total. The fraction of sp³-hybridized carbons (Fsp3) is 0.520. The van der Waals surface area contributed by atoms with Crippen LogP contribution in [0.15, 0.2) is 24.3 Å². The molecule has 1 fully saturated rings. The van der Waals surface area contributed by atoms with Crippen LogP contribution in [-0.4, -0.2) is 70.3 Å². The SMILES string of the molecule is C[C@@H]1NC(=O)OCC(C)(C)CC=Cc2cccc3c2CN(C3)C(=O)O[C@@H]2C[C@@H](C(=O)O)N(C2)C1=O. The van der Waals surface area contributed by atoms with Gasteiger partial charge in [0.1, 0.15) is 18.2 Å². The Balaban J connectivity index is 1.61. The van der Waals surface area contributed by atoms with Gasteiger partial charge in [0, 0.05) is 18.4 Å². The van der Waals surface area contributed by atoms with Gasteiger partial charge >= 0.3 is 18.2 Å². The first-order valence-electron chi connectivity index (χ1n) is 11.7. The van der Waals surface area contributed by atoms with Gasteiger partial charge in [-0.25, -0.2) is 14.4 Å². The number of rotatable bonds is 1. The Hall–Kier alpha value is -3.56. The first-order chi connectivity index (χ1) is 16.5. The van der Waals surface area contributed by atoms with Gasteiger partial charge in [-0.15, -0.1) is 0 Å². The van der Waals surface area contributed by atoms with Crippen LogP contribution < -0.4 is 5.32 Å². The number of ether oxygens (including phenoxy) is 2. The molecule has 3 amide bonds. The standard InChI is InChI=1S/C25H31N3O7/c1-15-21(29)28-12-18(10-20(28)22(30)31)35-24(33)27-11-17-7-4-6-16(19(17)13-27)8-5-9-25(2,3)14-34-23(32)26-15/h4-8,15,18,20H,9-14H2,1-3H3,(H,26,32)(H,30,31)/t15-,18+,20-/m0/s1. The van der Waals surface area contributed by atoms with Gasteiger partial charge in [-0.2, -0.15) is 0 Å². The molecule has 0 saturated carbocycles. The van der Waals surface area contributed by atoms with Gasteiger partial charge in [0.15, 0.2) is 0 Å². The van der Waals surface area contributed by atoms with E-state index in [1.54, 1.807) is 4.90 Å². The van der Waals surface area contributed by atoms with Crippen molar-refractivity contribution in [3.8, 4) is 0 Å². The molecule has 4 rings (SSSR count). The minimum atomic E-state index is -1.19. The van der Waals surface area contributed by atoms with Crippen molar-refractivity contribution in [3.05, 3.63) is 41.0 Å². The van der Waals surface area contributed by atoms with E-state index in [-0.39, 0.29) is 25.0 Å². The summed E-state index contributed by atoms with van der Waals surface area (Å²) in [5.41, 5.74) is 2.71. The van der Waals surface area contributed by atoms with Gasteiger partial charge < -0.3 is 24.8 Å². The van der Waals surface area contributed by atoms with E-state index in [0.717, 1.165) is 21.6 Å². The highest BCUT2D eigenvalue weighted by Gasteiger charge is 2.43. The zero-order chi connectivity index (χ0) is 25.3. The molecule has 188 valence electrons. The Morgan fingerprint density at radius 1 is 1.20 bits per heavy atom. The lowest BCUT2D eigenvalue weighted by atomic mass is 9.90. The van der Waals surface area contributed by atoms with Gasteiger partial charge in [-0.3, -0.25) is 9.69 Å². The van der Waals surface area contributed by atoms with Crippen molar-refractivity contribution in [2.45, 2.75) is 64.9 Å². The number of nitrogens with one attached hydrogen (secondary N) is 1. The zero-order valence-electron chi connectivity index (χ0n) is 20.2. The maximum absolute atomic E-state index is 13.0. The molecule has 0 radical (unpaired) electrons. The first kappa shape index (κ1) is 24.6. The highest BCUT2D eigenvalue weighted by molar-refractivity contribution is 5.89. The molecule has 1 aromatic carbocycles. The largest absolute Gasteiger partial charge is 0.480 e. The summed E-state index contributed by atoms with van der Waals surface area (Å²) < 4.78 is 11.0. The molecular weight excluding hydrogens is 454 g/mol. The van der Waals surface area contributed by atoms with E-state index >= 15 is 0 Å². The topological polar surface area (TPSA) is 125 Å². The second-order valence-electron chi connectivity index (χ2n) is 10.1. The number of fused-ring (bicyclic) bond motifs is 3. The van der Waals surface area contributed by atoms with E-state index in [9.17, 15) is 24.3 Å². The van der Waals surface area contributed by atoms with Crippen molar-refractivity contribution in [3.63, 3.8) is 0 Å². The summed E-state index contributed by atoms with van der Waals surface area (Å²) >= 11 is 0. The quantitative estimate of drug-likeness (QED) is 0.626. The second-order valence-corrected chi connectivity index (χ2v) is 10.1. The van der Waals surface area contributed by atoms with Crippen molar-refractivity contribution >= 4 is 30.1 Å². The Morgan fingerprint density at radius 2 is 1.97 bits per heavy atom. The fourth-order valence-electron chi connectivity index (χ4n) is 4.66. The van der Waals surface area contributed by atoms with Crippen LogP contribution in [0.4, 0.5) is 9.59 Å². The third-order valence-corrected chi connectivity index (χ3v) is 6.64. The summed E-state index contributed by atoms with van der Waals surface area (Å²) in [4.78, 5) is 52.8. The molecule has 0 aliphatic carbocycles. The van der Waals surface area contributed by atoms with Gasteiger partial charge in [-0.1, -0.05) is 44.2 Å². The number of alkyl carbamates (subject to hydrolysis) is 1. The number of nitrogens with zero attached hydrogens (tertiary/aromatic N) is 2. The lowest BCUT2D eigenvalue weighted by Crippen LogP contribution is -2.50. The van der Waals surface area contributed by atoms with Crippen LogP contribution in [0.5, 0.6) is 0 Å². The van der Waals surface area contributed by atoms with Crippen LogP contribution in [0.1, 0.15) is 50.3 Å². The molecule has 0 unspecified atom stereocenters. The molecule has 1 aromatic rings. The molecule has 35 heavy (non-hydrogen) atoms. The Morgan fingerprint density at radius 3 is 2.71 bits per heavy atom. The summed E-state index contributed by atoms with van der Waals surface area (Å²) in [6.45, 7) is 6.26. The number of allylic oxidation sites excluding steroid dienone is 1. The Bertz CT molecular complexity index is 1070. The molecule has 10 heteroatoms. The normalized spacial score (nSPS) is 26.8. The van der Waals surface area contributed by atoms with Crippen molar-refractivity contribution in [2.24, 2.45) is 5.41 Å². The maximum atomic E-state index is 13.0. The lowest BCUT2D eigenvalue weighted by molar-refractivity contribution is -0.148. The molecule has 3 aliphatic heterocycles. The van der Waals surface area contributed by atoms with Gasteiger partial charge in [0.25, 0.3) is 0 Å². The number of benzene rings is 1. The molecule has 10 nitrogen and oxygen atoms in total. The van der Waals surface area contributed by atoms with Crippen molar-refractivity contribution < 1.29 is 33.8 Å². The predicted octanol–water partition coefficient (Wildman–Crippen LogP) is 2.75. The summed E-state index contributed by atoms with van der Waals surface area (Å²) in [5, 5.41) is 12.1. The van der Waals surface area contributed by atoms with Crippen LogP contribution in [0.3, 0.4) is 0 Å². The molecule has 1 saturated heterocycles. The van der Waals surface area contributed by atoms with E-state index in [1.807, 2.05) is 44.2 Å². The summed E-state index contributed by atoms with van der Waals surface area (Å²) in [6.07, 6.45) is 2.58. The molecule has 0 aromatic heterocycles. The number of amides is 3. The number of cyclic esters (lactones) is 1. The predicted molar refractivity (Wildman–Crippen MR) is 125 cm³/mol. The average molecular weight is 486 g/mol. The van der Waals surface area contributed by atoms with Gasteiger partial charge in [0.2, 0.25) is 5.91 Å². The third-order valence-electron chi connectivity index (χ3n) is 6.64. The number of hydrogen-bond acceptors (Lipinski definition) is 6. The number of carbonyl (C=O) groups excluding carboxylic acids is 3. The van der Waals surface area contributed by atoms with E-state index in [2.05, 4.69) is 5.32 Å². The summed E-state index contributed by atoms with van der Waals surface area (Å²) in [7, 11) is 0. The van der Waals surface area contributed by atoms with E-state index < -0.39 is 42.3 Å². The van der Waals surface area contributed by atoms with E-state index in [1.165, 1.54) is 6.92 Å². The van der Waals surface area contributed by atoms with Gasteiger partial charge in [-0.05, 0) is 30.0 Å². The summed E-state index contributed by atoms with van der Waals surface area (Å²) in [6, 6.07) is 3.74. The Kier molecular flexibility index (Phi) is 6.73. The van der Waals surface area contributed by atoms with Crippen molar-refractivity contribution in [1.82, 2.24) is 15.1 Å². The number of hydrogen-bond donors (Lipinski definition) is 2. The smallest absolute Gasteiger partial charge is 0.410 e. The maximum Gasteiger partial charge on any atom is 0.410 e. The minimum absolute atomic E-state index is 0.0209. The van der Waals surface area contributed by atoms with Crippen LogP contribution in [-0.2, 0) is 32.2 Å². The number of carboxylic acid groups (broad SMARTS) is 1. The zero-order valence-corrected chi connectivity index (χ0v) is 20.2. The molecule has 3 atom stereocenters. The third kappa shape index (κ3) is 5.41. The van der Waals surface area contributed by atoms with Crippen LogP contribution in [0.25, 0.3) is 6.08 Å². The van der Waals surface area contributed by atoms with Gasteiger partial charge in [0.05, 0.1) is 19.7 Å². The van der Waals surface area contributed by atoms with Crippen LogP contribution in [0.2, 0.25) is 0 Å². The fourth-order valence-corrected chi connectivity index (χ4v) is 4.66. The minimum Gasteiger partial charge on any atom is -0.480 e. The lowest BCUT2D eigenvalue weighted by Gasteiger charge is -2.26. The molecular formula is C25H31N3O7. The Labute approximate surface area is 203 Å². The van der Waals surface area contributed by atoms with Crippen LogP contribution >= 0.6 is 0 Å². The molecule has 3 aliphatic rings. The van der Waals surface area contributed by atoms with E-state index in [4.69, 9.17) is 9.47 Å². The number of aliphatic carboxylic acids is 1. The molecule has 0 spiro atoms. The number of carbonyl (C=O) groups is 4.